The lowest BCUT2D eigenvalue weighted by atomic mass is 10.5. The summed E-state index contributed by atoms with van der Waals surface area (Å²) >= 11 is 0. The van der Waals surface area contributed by atoms with E-state index in [1.807, 2.05) is 0 Å². The number of rotatable bonds is 4. The van der Waals surface area contributed by atoms with Crippen molar-refractivity contribution in [1.29, 1.82) is 0 Å². The normalized spacial score (nSPS) is 20.6. The van der Waals surface area contributed by atoms with Gasteiger partial charge in [0.15, 0.2) is 0 Å². The molecule has 16 heavy (non-hydrogen) atoms. The van der Waals surface area contributed by atoms with Gasteiger partial charge in [0.1, 0.15) is 13.1 Å². The van der Waals surface area contributed by atoms with Gasteiger partial charge in [0, 0.05) is 12.6 Å². The van der Waals surface area contributed by atoms with Crippen molar-refractivity contribution in [2.24, 2.45) is 0 Å². The molecule has 0 spiro atoms. The Morgan fingerprint density at radius 1 is 1.44 bits per heavy atom. The molecule has 1 aliphatic heterocycles. The largest absolute Gasteiger partial charge is 0.355 e. The van der Waals surface area contributed by atoms with Crippen LogP contribution >= 0.6 is 0 Å². The lowest BCUT2D eigenvalue weighted by Gasteiger charge is -2.15. The number of hydrogen-bond acceptors (Lipinski definition) is 3. The summed E-state index contributed by atoms with van der Waals surface area (Å²) in [6.07, 6.45) is 1.93. The van der Waals surface area contributed by atoms with Crippen LogP contribution in [0.4, 0.5) is 4.79 Å². The number of carbonyl (C=O) groups is 3. The van der Waals surface area contributed by atoms with Gasteiger partial charge in [0.25, 0.3) is 5.91 Å². The molecule has 1 heterocycles. The summed E-state index contributed by atoms with van der Waals surface area (Å²) in [5.41, 5.74) is 0. The fourth-order valence-electron chi connectivity index (χ4n) is 1.78. The smallest absolute Gasteiger partial charge is 0.327 e. The van der Waals surface area contributed by atoms with Gasteiger partial charge in [0.05, 0.1) is 0 Å². The summed E-state index contributed by atoms with van der Waals surface area (Å²) < 4.78 is 0. The molecule has 6 heteroatoms. The van der Waals surface area contributed by atoms with Crippen molar-refractivity contribution in [3.63, 3.8) is 0 Å². The van der Waals surface area contributed by atoms with E-state index in [4.69, 9.17) is 0 Å². The summed E-state index contributed by atoms with van der Waals surface area (Å²) in [5, 5.41) is 2.57. The molecule has 0 atom stereocenters. The Labute approximate surface area is 93.6 Å². The maximum absolute atomic E-state index is 11.8. The summed E-state index contributed by atoms with van der Waals surface area (Å²) in [7, 11) is 0. The van der Waals surface area contributed by atoms with E-state index in [1.54, 1.807) is 11.8 Å². The SMILES string of the molecule is CCNC(=O)CN1C(=O)CN(C2CC2)C1=O. The second-order valence-electron chi connectivity index (χ2n) is 4.08. The van der Waals surface area contributed by atoms with E-state index in [9.17, 15) is 14.4 Å². The van der Waals surface area contributed by atoms with Gasteiger partial charge in [-0.05, 0) is 19.8 Å². The van der Waals surface area contributed by atoms with Gasteiger partial charge in [-0.1, -0.05) is 0 Å². The van der Waals surface area contributed by atoms with E-state index >= 15 is 0 Å². The number of amides is 4. The van der Waals surface area contributed by atoms with E-state index in [0.29, 0.717) is 6.54 Å². The van der Waals surface area contributed by atoms with E-state index in [1.165, 1.54) is 0 Å². The lowest BCUT2D eigenvalue weighted by Crippen LogP contribution is -2.41. The van der Waals surface area contributed by atoms with Crippen molar-refractivity contribution in [2.75, 3.05) is 19.6 Å². The van der Waals surface area contributed by atoms with Crippen LogP contribution in [0, 0.1) is 0 Å². The Hall–Kier alpha value is -1.59. The number of nitrogens with one attached hydrogen (secondary N) is 1. The molecular formula is C10H15N3O3. The van der Waals surface area contributed by atoms with Crippen LogP contribution < -0.4 is 5.32 Å². The molecule has 1 N–H and O–H groups in total. The molecule has 0 unspecified atom stereocenters. The molecular weight excluding hydrogens is 210 g/mol. The second kappa shape index (κ2) is 4.11. The first-order chi connectivity index (χ1) is 7.63. The highest BCUT2D eigenvalue weighted by molar-refractivity contribution is 6.04. The van der Waals surface area contributed by atoms with Crippen molar-refractivity contribution in [3.05, 3.63) is 0 Å². The zero-order chi connectivity index (χ0) is 11.7. The van der Waals surface area contributed by atoms with Gasteiger partial charge < -0.3 is 10.2 Å². The standard InChI is InChI=1S/C10H15N3O3/c1-2-11-8(14)5-13-9(15)6-12(10(13)16)7-3-4-7/h7H,2-6H2,1H3,(H,11,14). The minimum Gasteiger partial charge on any atom is -0.355 e. The highest BCUT2D eigenvalue weighted by atomic mass is 16.2. The molecule has 0 aromatic rings. The van der Waals surface area contributed by atoms with Crippen molar-refractivity contribution < 1.29 is 14.4 Å². The van der Waals surface area contributed by atoms with Gasteiger partial charge in [-0.15, -0.1) is 0 Å². The number of nitrogens with zero attached hydrogens (tertiary/aromatic N) is 2. The molecule has 0 aromatic carbocycles. The maximum Gasteiger partial charge on any atom is 0.327 e. The van der Waals surface area contributed by atoms with Crippen LogP contribution in [0.1, 0.15) is 19.8 Å². The first-order valence-corrected chi connectivity index (χ1v) is 5.51. The van der Waals surface area contributed by atoms with Gasteiger partial charge in [-0.25, -0.2) is 4.79 Å². The molecule has 4 amide bonds. The number of urea groups is 1. The molecule has 1 aliphatic carbocycles. The predicted octanol–water partition coefficient (Wildman–Crippen LogP) is -0.451. The maximum atomic E-state index is 11.8. The van der Waals surface area contributed by atoms with Gasteiger partial charge in [-0.2, -0.15) is 0 Å². The van der Waals surface area contributed by atoms with E-state index in [2.05, 4.69) is 5.32 Å². The number of hydrogen-bond donors (Lipinski definition) is 1. The van der Waals surface area contributed by atoms with E-state index in [0.717, 1.165) is 17.7 Å². The highest BCUT2D eigenvalue weighted by Crippen LogP contribution is 2.30. The molecule has 6 nitrogen and oxygen atoms in total. The summed E-state index contributed by atoms with van der Waals surface area (Å²) in [5.74, 6) is -0.565. The number of likely N-dealkylation sites (N-methyl/N-ethyl adjacent to an activating group) is 1. The third kappa shape index (κ3) is 2.00. The Balaban J connectivity index is 1.96. The fourth-order valence-corrected chi connectivity index (χ4v) is 1.78. The summed E-state index contributed by atoms with van der Waals surface area (Å²) in [4.78, 5) is 37.2. The number of imide groups is 1. The highest BCUT2D eigenvalue weighted by Gasteiger charge is 2.44. The van der Waals surface area contributed by atoms with Crippen LogP contribution in [0.3, 0.4) is 0 Å². The topological polar surface area (TPSA) is 69.7 Å². The molecule has 2 aliphatic rings. The van der Waals surface area contributed by atoms with Crippen molar-refractivity contribution in [3.8, 4) is 0 Å². The molecule has 2 fully saturated rings. The minimum atomic E-state index is -0.321. The minimum absolute atomic E-state index is 0.128. The zero-order valence-electron chi connectivity index (χ0n) is 9.23. The lowest BCUT2D eigenvalue weighted by molar-refractivity contribution is -0.130. The monoisotopic (exact) mass is 225 g/mol. The molecule has 2 rings (SSSR count). The molecule has 0 aromatic heterocycles. The van der Waals surface area contributed by atoms with Crippen molar-refractivity contribution >= 4 is 17.8 Å². The Kier molecular flexibility index (Phi) is 2.80. The molecule has 88 valence electrons. The average molecular weight is 225 g/mol. The average Bonchev–Trinajstić information content (AvgIpc) is 3.02. The van der Waals surface area contributed by atoms with Gasteiger partial charge in [-0.3, -0.25) is 14.5 Å². The molecule has 0 bridgehead atoms. The summed E-state index contributed by atoms with van der Waals surface area (Å²) in [6, 6.07) is -0.102. The molecule has 1 saturated carbocycles. The van der Waals surface area contributed by atoms with Crippen LogP contribution in [-0.4, -0.2) is 53.3 Å². The Morgan fingerprint density at radius 2 is 2.12 bits per heavy atom. The first kappa shape index (κ1) is 10.9. The predicted molar refractivity (Wildman–Crippen MR) is 55.5 cm³/mol. The van der Waals surface area contributed by atoms with Gasteiger partial charge in [0.2, 0.25) is 5.91 Å². The second-order valence-corrected chi connectivity index (χ2v) is 4.08. The number of carbonyl (C=O) groups excluding carboxylic acids is 3. The Morgan fingerprint density at radius 3 is 2.69 bits per heavy atom. The first-order valence-electron chi connectivity index (χ1n) is 5.51. The summed E-state index contributed by atoms with van der Waals surface area (Å²) in [6.45, 7) is 2.26. The van der Waals surface area contributed by atoms with Crippen molar-refractivity contribution in [1.82, 2.24) is 15.1 Å². The zero-order valence-corrected chi connectivity index (χ0v) is 9.23. The molecule has 1 saturated heterocycles. The third-order valence-electron chi connectivity index (χ3n) is 2.75. The quantitative estimate of drug-likeness (QED) is 0.659. The van der Waals surface area contributed by atoms with Crippen LogP contribution in [0.25, 0.3) is 0 Å². The molecule has 0 radical (unpaired) electrons. The van der Waals surface area contributed by atoms with Crippen LogP contribution in [0.2, 0.25) is 0 Å². The fraction of sp³-hybridized carbons (Fsp3) is 0.700. The Bertz CT molecular complexity index is 338. The van der Waals surface area contributed by atoms with E-state index in [-0.39, 0.29) is 37.0 Å². The van der Waals surface area contributed by atoms with Crippen LogP contribution in [0.15, 0.2) is 0 Å². The van der Waals surface area contributed by atoms with E-state index < -0.39 is 0 Å². The van der Waals surface area contributed by atoms with Crippen LogP contribution in [-0.2, 0) is 9.59 Å². The van der Waals surface area contributed by atoms with Crippen molar-refractivity contribution in [2.45, 2.75) is 25.8 Å². The van der Waals surface area contributed by atoms with Crippen LogP contribution in [0.5, 0.6) is 0 Å². The third-order valence-corrected chi connectivity index (χ3v) is 2.75. The van der Waals surface area contributed by atoms with Gasteiger partial charge >= 0.3 is 6.03 Å².